The van der Waals surface area contributed by atoms with Crippen molar-refractivity contribution in [3.05, 3.63) is 83.3 Å². The lowest BCUT2D eigenvalue weighted by Crippen LogP contribution is -2.27. The van der Waals surface area contributed by atoms with Gasteiger partial charge in [-0.1, -0.05) is 62.4 Å². The van der Waals surface area contributed by atoms with Gasteiger partial charge in [0.05, 0.1) is 0 Å². The third kappa shape index (κ3) is 4.74. The van der Waals surface area contributed by atoms with E-state index in [4.69, 9.17) is 0 Å². The molecular weight excluding hydrogens is 348 g/mol. The minimum absolute atomic E-state index is 0.130. The summed E-state index contributed by atoms with van der Waals surface area (Å²) in [7, 11) is 1.79. The Morgan fingerprint density at radius 2 is 1.71 bits per heavy atom. The molecule has 5 nitrogen and oxygen atoms in total. The van der Waals surface area contributed by atoms with Crippen molar-refractivity contribution >= 4 is 17.4 Å². The number of hydrogen-bond donors (Lipinski definition) is 1. The first-order valence-electron chi connectivity index (χ1n) is 9.45. The number of nitrogens with zero attached hydrogens (tertiary/aromatic N) is 3. The fourth-order valence-corrected chi connectivity index (χ4v) is 3.12. The summed E-state index contributed by atoms with van der Waals surface area (Å²) in [4.78, 5) is 23.4. The molecule has 0 saturated heterocycles. The third-order valence-corrected chi connectivity index (χ3v) is 4.51. The molecule has 28 heavy (non-hydrogen) atoms. The second-order valence-corrected chi connectivity index (χ2v) is 7.20. The van der Waals surface area contributed by atoms with Crippen molar-refractivity contribution in [3.63, 3.8) is 0 Å². The zero-order valence-electron chi connectivity index (χ0n) is 16.8. The number of anilines is 2. The summed E-state index contributed by atoms with van der Waals surface area (Å²) in [6, 6.07) is 19.8. The number of aryl methyl sites for hydroxylation is 1. The fraction of sp³-hybridized carbons (Fsp3) is 0.261. The molecule has 0 atom stereocenters. The number of carbonyl (C=O) groups excluding carboxylic acids is 1. The zero-order valence-corrected chi connectivity index (χ0v) is 16.8. The Morgan fingerprint density at radius 1 is 1.04 bits per heavy atom. The molecule has 0 unspecified atom stereocenters. The smallest absolute Gasteiger partial charge is 0.272 e. The van der Waals surface area contributed by atoms with Crippen LogP contribution in [0.2, 0.25) is 0 Å². The van der Waals surface area contributed by atoms with Crippen LogP contribution in [0.15, 0.2) is 60.7 Å². The van der Waals surface area contributed by atoms with Crippen LogP contribution in [0.1, 0.15) is 47.2 Å². The minimum atomic E-state index is -0.130. The number of aromatic nitrogens is 2. The van der Waals surface area contributed by atoms with Crippen molar-refractivity contribution < 1.29 is 4.79 Å². The van der Waals surface area contributed by atoms with Crippen LogP contribution in [0, 0.1) is 6.92 Å². The molecule has 1 aromatic heterocycles. The maximum absolute atomic E-state index is 12.9. The van der Waals surface area contributed by atoms with E-state index in [0.29, 0.717) is 29.8 Å². The van der Waals surface area contributed by atoms with Crippen molar-refractivity contribution in [2.75, 3.05) is 12.4 Å². The highest BCUT2D eigenvalue weighted by Crippen LogP contribution is 2.26. The Hall–Kier alpha value is -3.21. The van der Waals surface area contributed by atoms with Gasteiger partial charge in [0.25, 0.3) is 5.91 Å². The predicted molar refractivity (Wildman–Crippen MR) is 113 cm³/mol. The SMILES string of the molecule is Cc1nc(Nc2ccccc2C(C)C)cc(C(=O)N(C)Cc2ccccc2)n1. The summed E-state index contributed by atoms with van der Waals surface area (Å²) in [6.45, 7) is 6.63. The molecule has 0 fully saturated rings. The van der Waals surface area contributed by atoms with E-state index in [2.05, 4.69) is 35.2 Å². The molecule has 2 aromatic carbocycles. The summed E-state index contributed by atoms with van der Waals surface area (Å²) in [5.74, 6) is 1.43. The Labute approximate surface area is 166 Å². The van der Waals surface area contributed by atoms with Crippen LogP contribution < -0.4 is 5.32 Å². The number of amides is 1. The van der Waals surface area contributed by atoms with E-state index < -0.39 is 0 Å². The summed E-state index contributed by atoms with van der Waals surface area (Å²) in [5, 5.41) is 3.36. The van der Waals surface area contributed by atoms with Gasteiger partial charge in [-0.15, -0.1) is 0 Å². The molecule has 1 amide bonds. The topological polar surface area (TPSA) is 58.1 Å². The van der Waals surface area contributed by atoms with Gasteiger partial charge in [0.15, 0.2) is 0 Å². The van der Waals surface area contributed by atoms with Gasteiger partial charge in [-0.05, 0) is 30.0 Å². The van der Waals surface area contributed by atoms with Crippen LogP contribution >= 0.6 is 0 Å². The molecule has 0 saturated carbocycles. The average Bonchev–Trinajstić information content (AvgIpc) is 2.68. The van der Waals surface area contributed by atoms with Gasteiger partial charge in [-0.3, -0.25) is 4.79 Å². The molecule has 5 heteroatoms. The standard InChI is InChI=1S/C23H26N4O/c1-16(2)19-12-8-9-13-20(19)26-22-14-21(24-17(3)25-22)23(28)27(4)15-18-10-6-5-7-11-18/h5-14,16H,15H2,1-4H3,(H,24,25,26). The molecular formula is C23H26N4O. The number of nitrogens with one attached hydrogen (secondary N) is 1. The molecule has 1 heterocycles. The van der Waals surface area contributed by atoms with Gasteiger partial charge < -0.3 is 10.2 Å². The van der Waals surface area contributed by atoms with Crippen LogP contribution in [-0.4, -0.2) is 27.8 Å². The van der Waals surface area contributed by atoms with Crippen LogP contribution in [0.4, 0.5) is 11.5 Å². The van der Waals surface area contributed by atoms with Crippen molar-refractivity contribution in [3.8, 4) is 0 Å². The summed E-state index contributed by atoms with van der Waals surface area (Å²) in [6.07, 6.45) is 0. The van der Waals surface area contributed by atoms with Gasteiger partial charge in [0.2, 0.25) is 0 Å². The molecule has 0 spiro atoms. The Balaban J connectivity index is 1.82. The van der Waals surface area contributed by atoms with Crippen LogP contribution in [-0.2, 0) is 6.54 Å². The molecule has 0 radical (unpaired) electrons. The van der Waals surface area contributed by atoms with Gasteiger partial charge in [0, 0.05) is 25.3 Å². The Bertz CT molecular complexity index is 954. The first-order chi connectivity index (χ1) is 13.4. The van der Waals surface area contributed by atoms with Gasteiger partial charge >= 0.3 is 0 Å². The van der Waals surface area contributed by atoms with Crippen molar-refractivity contribution in [1.82, 2.24) is 14.9 Å². The van der Waals surface area contributed by atoms with E-state index in [-0.39, 0.29) is 5.91 Å². The number of carbonyl (C=O) groups is 1. The summed E-state index contributed by atoms with van der Waals surface area (Å²) < 4.78 is 0. The van der Waals surface area contributed by atoms with Crippen LogP contribution in [0.25, 0.3) is 0 Å². The lowest BCUT2D eigenvalue weighted by molar-refractivity contribution is 0.0779. The van der Waals surface area contributed by atoms with Crippen molar-refractivity contribution in [2.24, 2.45) is 0 Å². The molecule has 1 N–H and O–H groups in total. The van der Waals surface area contributed by atoms with Crippen molar-refractivity contribution in [2.45, 2.75) is 33.2 Å². The molecule has 3 rings (SSSR count). The fourth-order valence-electron chi connectivity index (χ4n) is 3.12. The number of benzene rings is 2. The Kier molecular flexibility index (Phi) is 6.04. The van der Waals surface area contributed by atoms with E-state index in [1.807, 2.05) is 48.5 Å². The second kappa shape index (κ2) is 8.65. The monoisotopic (exact) mass is 374 g/mol. The molecule has 144 valence electrons. The highest BCUT2D eigenvalue weighted by Gasteiger charge is 2.16. The van der Waals surface area contributed by atoms with Gasteiger partial charge in [-0.25, -0.2) is 9.97 Å². The first kappa shape index (κ1) is 19.5. The molecule has 0 aliphatic rings. The Morgan fingerprint density at radius 3 is 2.43 bits per heavy atom. The first-order valence-corrected chi connectivity index (χ1v) is 9.45. The highest BCUT2D eigenvalue weighted by atomic mass is 16.2. The second-order valence-electron chi connectivity index (χ2n) is 7.20. The predicted octanol–water partition coefficient (Wildman–Crippen LogP) is 4.92. The quantitative estimate of drug-likeness (QED) is 0.665. The van der Waals surface area contributed by atoms with E-state index in [1.165, 1.54) is 5.56 Å². The lowest BCUT2D eigenvalue weighted by Gasteiger charge is -2.18. The zero-order chi connectivity index (χ0) is 20.1. The molecule has 0 aliphatic carbocycles. The van der Waals surface area contributed by atoms with E-state index in [9.17, 15) is 4.79 Å². The van der Waals surface area contributed by atoms with E-state index in [0.717, 1.165) is 11.3 Å². The maximum atomic E-state index is 12.9. The number of rotatable bonds is 6. The molecule has 0 aliphatic heterocycles. The van der Waals surface area contributed by atoms with E-state index in [1.54, 1.807) is 24.9 Å². The molecule has 3 aromatic rings. The summed E-state index contributed by atoms with van der Waals surface area (Å²) >= 11 is 0. The highest BCUT2D eigenvalue weighted by molar-refractivity contribution is 5.93. The van der Waals surface area contributed by atoms with E-state index >= 15 is 0 Å². The van der Waals surface area contributed by atoms with Crippen molar-refractivity contribution in [1.29, 1.82) is 0 Å². The molecule has 0 bridgehead atoms. The van der Waals surface area contributed by atoms with Gasteiger partial charge in [0.1, 0.15) is 17.3 Å². The normalized spacial score (nSPS) is 10.8. The lowest BCUT2D eigenvalue weighted by atomic mass is 10.0. The number of hydrogen-bond acceptors (Lipinski definition) is 4. The third-order valence-electron chi connectivity index (χ3n) is 4.51. The summed E-state index contributed by atoms with van der Waals surface area (Å²) in [5.41, 5.74) is 3.66. The van der Waals surface area contributed by atoms with Gasteiger partial charge in [-0.2, -0.15) is 0 Å². The average molecular weight is 374 g/mol. The number of para-hydroxylation sites is 1. The largest absolute Gasteiger partial charge is 0.340 e. The van der Waals surface area contributed by atoms with Crippen LogP contribution in [0.3, 0.4) is 0 Å². The maximum Gasteiger partial charge on any atom is 0.272 e. The minimum Gasteiger partial charge on any atom is -0.340 e. The van der Waals surface area contributed by atoms with Crippen LogP contribution in [0.5, 0.6) is 0 Å².